The molecule has 2 fully saturated rings. The van der Waals surface area contributed by atoms with Gasteiger partial charge in [-0.15, -0.1) is 0 Å². The molecule has 1 amide bonds. The van der Waals surface area contributed by atoms with Gasteiger partial charge in [-0.25, -0.2) is 4.79 Å². The molecule has 0 aromatic carbocycles. The maximum atomic E-state index is 12.5. The van der Waals surface area contributed by atoms with Gasteiger partial charge in [0.2, 0.25) is 0 Å². The number of ether oxygens (including phenoxy) is 1. The van der Waals surface area contributed by atoms with E-state index in [0.717, 1.165) is 12.8 Å². The molecule has 28 heavy (non-hydrogen) atoms. The topological polar surface area (TPSA) is 60.9 Å². The van der Waals surface area contributed by atoms with Crippen molar-refractivity contribution in [3.63, 3.8) is 0 Å². The second kappa shape index (κ2) is 7.34. The highest BCUT2D eigenvalue weighted by molar-refractivity contribution is 6.62. The third kappa shape index (κ3) is 4.52. The molecule has 7 heteroatoms. The fraction of sp³-hybridized carbons (Fsp3) is 0.714. The molecule has 1 aromatic rings. The van der Waals surface area contributed by atoms with Gasteiger partial charge in [-0.05, 0) is 67.4 Å². The van der Waals surface area contributed by atoms with E-state index in [9.17, 15) is 4.79 Å². The SMILES string of the molecule is [2H]c1nc(C2CCCN(C(=O)OC(C)(C)C)C2)c([2H])c([2H])c1B1OC(C)(C)C(C)(C)O1. The molecular formula is C21H33BN2O4. The molecule has 0 radical (unpaired) electrons. The molecule has 0 saturated carbocycles. The van der Waals surface area contributed by atoms with Crippen molar-refractivity contribution in [1.29, 1.82) is 0 Å². The van der Waals surface area contributed by atoms with Crippen molar-refractivity contribution < 1.29 is 23.0 Å². The van der Waals surface area contributed by atoms with Gasteiger partial charge in [0, 0.05) is 36.3 Å². The van der Waals surface area contributed by atoms with E-state index in [1.807, 2.05) is 48.5 Å². The molecular weight excluding hydrogens is 355 g/mol. The molecule has 2 saturated heterocycles. The Morgan fingerprint density at radius 1 is 1.29 bits per heavy atom. The minimum absolute atomic E-state index is 0.0447. The number of hydrogen-bond acceptors (Lipinski definition) is 5. The zero-order chi connectivity index (χ0) is 23.4. The van der Waals surface area contributed by atoms with Crippen LogP contribution < -0.4 is 5.46 Å². The van der Waals surface area contributed by atoms with E-state index in [1.165, 1.54) is 0 Å². The predicted molar refractivity (Wildman–Crippen MR) is 110 cm³/mol. The first kappa shape index (κ1) is 17.3. The summed E-state index contributed by atoms with van der Waals surface area (Å²) in [5.41, 5.74) is -1.28. The van der Waals surface area contributed by atoms with Gasteiger partial charge in [-0.1, -0.05) is 6.04 Å². The summed E-state index contributed by atoms with van der Waals surface area (Å²) in [4.78, 5) is 18.5. The van der Waals surface area contributed by atoms with E-state index < -0.39 is 30.0 Å². The Morgan fingerprint density at radius 2 is 1.93 bits per heavy atom. The predicted octanol–water partition coefficient (Wildman–Crippen LogP) is 3.50. The first-order valence-corrected chi connectivity index (χ1v) is 9.94. The number of piperidine rings is 1. The van der Waals surface area contributed by atoms with Crippen molar-refractivity contribution >= 4 is 18.7 Å². The lowest BCUT2D eigenvalue weighted by atomic mass is 9.80. The van der Waals surface area contributed by atoms with Crippen LogP contribution in [0.25, 0.3) is 0 Å². The Hall–Kier alpha value is -1.60. The van der Waals surface area contributed by atoms with E-state index >= 15 is 0 Å². The normalized spacial score (nSPS) is 25.8. The van der Waals surface area contributed by atoms with Crippen LogP contribution in [0, 0.1) is 0 Å². The number of carbonyl (C=O) groups excluding carboxylic acids is 1. The summed E-state index contributed by atoms with van der Waals surface area (Å²) < 4.78 is 43.1. The maximum absolute atomic E-state index is 12.5. The third-order valence-corrected chi connectivity index (χ3v) is 5.57. The number of pyridine rings is 1. The summed E-state index contributed by atoms with van der Waals surface area (Å²) in [7, 11) is -0.916. The zero-order valence-corrected chi connectivity index (χ0v) is 18.0. The van der Waals surface area contributed by atoms with Crippen molar-refractivity contribution in [3.8, 4) is 0 Å². The average Bonchev–Trinajstić information content (AvgIpc) is 2.84. The quantitative estimate of drug-likeness (QED) is 0.723. The van der Waals surface area contributed by atoms with Crippen molar-refractivity contribution in [2.45, 2.75) is 84.0 Å². The first-order chi connectivity index (χ1) is 14.1. The summed E-state index contributed by atoms with van der Waals surface area (Å²) in [6, 6.07) is -0.153. The largest absolute Gasteiger partial charge is 0.496 e. The number of carbonyl (C=O) groups is 1. The van der Waals surface area contributed by atoms with Gasteiger partial charge in [-0.3, -0.25) is 4.98 Å². The Kier molecular flexibility index (Phi) is 4.53. The van der Waals surface area contributed by atoms with E-state index in [4.69, 9.17) is 18.2 Å². The average molecular weight is 391 g/mol. The fourth-order valence-electron chi connectivity index (χ4n) is 3.27. The Balaban J connectivity index is 1.86. The molecule has 1 aromatic heterocycles. The molecule has 6 nitrogen and oxygen atoms in total. The van der Waals surface area contributed by atoms with E-state index in [2.05, 4.69) is 4.98 Å². The van der Waals surface area contributed by atoms with E-state index in [-0.39, 0.29) is 29.6 Å². The molecule has 1 atom stereocenters. The lowest BCUT2D eigenvalue weighted by molar-refractivity contribution is 0.00578. The number of aromatic nitrogens is 1. The number of nitrogens with zero attached hydrogens (tertiary/aromatic N) is 2. The Morgan fingerprint density at radius 3 is 2.54 bits per heavy atom. The molecule has 0 aliphatic carbocycles. The summed E-state index contributed by atoms with van der Waals surface area (Å²) >= 11 is 0. The number of likely N-dealkylation sites (tertiary alicyclic amines) is 1. The van der Waals surface area contributed by atoms with Crippen LogP contribution in [0.3, 0.4) is 0 Å². The van der Waals surface area contributed by atoms with Crippen LogP contribution >= 0.6 is 0 Å². The molecule has 3 heterocycles. The molecule has 1 unspecified atom stereocenters. The van der Waals surface area contributed by atoms with Crippen LogP contribution in [0.2, 0.25) is 0 Å². The highest BCUT2D eigenvalue weighted by Gasteiger charge is 2.51. The number of rotatable bonds is 2. The molecule has 0 spiro atoms. The summed E-state index contributed by atoms with van der Waals surface area (Å²) in [5.74, 6) is -0.227. The van der Waals surface area contributed by atoms with E-state index in [1.54, 1.807) is 4.90 Å². The molecule has 0 bridgehead atoms. The lowest BCUT2D eigenvalue weighted by Gasteiger charge is -2.34. The highest BCUT2D eigenvalue weighted by atomic mass is 16.7. The smallest absolute Gasteiger partial charge is 0.444 e. The van der Waals surface area contributed by atoms with Crippen LogP contribution in [0.15, 0.2) is 18.3 Å². The third-order valence-electron chi connectivity index (χ3n) is 5.57. The molecule has 154 valence electrons. The summed E-state index contributed by atoms with van der Waals surface area (Å²) in [6.45, 7) is 14.0. The van der Waals surface area contributed by atoms with Gasteiger partial charge in [0.15, 0.2) is 0 Å². The van der Waals surface area contributed by atoms with Crippen LogP contribution in [-0.2, 0) is 14.0 Å². The Bertz CT molecular complexity index is 857. The van der Waals surface area contributed by atoms with Crippen molar-refractivity contribution in [2.24, 2.45) is 0 Å². The minimum Gasteiger partial charge on any atom is -0.444 e. The standard InChI is InChI=1S/C21H33BN2O4/c1-19(2,3)26-18(25)24-12-8-9-15(14-24)17-11-10-16(13-23-17)22-27-20(4,5)21(6,7)28-22/h10-11,13,15H,8-9,12,14H2,1-7H3/i10D,11D,13D. The number of hydrogen-bond donors (Lipinski definition) is 0. The van der Waals surface area contributed by atoms with Crippen LogP contribution in [0.1, 0.15) is 77.0 Å². The van der Waals surface area contributed by atoms with Gasteiger partial charge in [0.25, 0.3) is 0 Å². The summed E-state index contributed by atoms with van der Waals surface area (Å²) in [6.07, 6.45) is 0.955. The Labute approximate surface area is 173 Å². The van der Waals surface area contributed by atoms with Gasteiger partial charge < -0.3 is 18.9 Å². The van der Waals surface area contributed by atoms with Crippen LogP contribution in [-0.4, -0.2) is 53.0 Å². The second-order valence-electron chi connectivity index (χ2n) is 9.63. The first-order valence-electron chi connectivity index (χ1n) is 11.4. The molecule has 3 rings (SSSR count). The lowest BCUT2D eigenvalue weighted by Crippen LogP contribution is -2.42. The maximum Gasteiger partial charge on any atom is 0.496 e. The number of amides is 1. The van der Waals surface area contributed by atoms with Gasteiger partial charge in [-0.2, -0.15) is 0 Å². The van der Waals surface area contributed by atoms with Crippen molar-refractivity contribution in [3.05, 3.63) is 24.0 Å². The van der Waals surface area contributed by atoms with Crippen LogP contribution in [0.4, 0.5) is 4.79 Å². The molecule has 2 aliphatic heterocycles. The molecule has 0 N–H and O–H groups in total. The van der Waals surface area contributed by atoms with Crippen molar-refractivity contribution in [2.75, 3.05) is 13.1 Å². The van der Waals surface area contributed by atoms with Gasteiger partial charge >= 0.3 is 13.2 Å². The fourth-order valence-corrected chi connectivity index (χ4v) is 3.27. The minimum atomic E-state index is -0.916. The monoisotopic (exact) mass is 391 g/mol. The van der Waals surface area contributed by atoms with Crippen molar-refractivity contribution in [1.82, 2.24) is 9.88 Å². The zero-order valence-electron chi connectivity index (χ0n) is 21.0. The van der Waals surface area contributed by atoms with Crippen LogP contribution in [0.5, 0.6) is 0 Å². The second-order valence-corrected chi connectivity index (χ2v) is 9.63. The van der Waals surface area contributed by atoms with Gasteiger partial charge in [0.1, 0.15) is 5.60 Å². The highest BCUT2D eigenvalue weighted by Crippen LogP contribution is 2.36. The van der Waals surface area contributed by atoms with Gasteiger partial charge in [0.05, 0.1) is 15.3 Å². The summed E-state index contributed by atoms with van der Waals surface area (Å²) in [5, 5.41) is 0. The van der Waals surface area contributed by atoms with E-state index in [0.29, 0.717) is 18.8 Å². The molecule has 2 aliphatic rings.